The van der Waals surface area contributed by atoms with Crippen LogP contribution in [0.1, 0.15) is 18.0 Å². The molecular formula is C6H8N2O. The largest absolute Gasteiger partial charge is 0.365 e. The molecule has 2 N–H and O–H groups in total. The first-order valence-corrected chi connectivity index (χ1v) is 3.04. The molecule has 2 unspecified atom stereocenters. The summed E-state index contributed by atoms with van der Waals surface area (Å²) in [6, 6.07) is 2.20. The summed E-state index contributed by atoms with van der Waals surface area (Å²) in [5, 5.41) is 3.77. The Kier molecular flexibility index (Phi) is 0.873. The van der Waals surface area contributed by atoms with Gasteiger partial charge in [-0.3, -0.25) is 0 Å². The maximum atomic E-state index is 5.58. The van der Waals surface area contributed by atoms with Gasteiger partial charge in [-0.1, -0.05) is 5.16 Å². The van der Waals surface area contributed by atoms with Crippen molar-refractivity contribution in [3.05, 3.63) is 18.0 Å². The van der Waals surface area contributed by atoms with Crippen LogP contribution < -0.4 is 5.73 Å². The van der Waals surface area contributed by atoms with Crippen LogP contribution >= 0.6 is 0 Å². The van der Waals surface area contributed by atoms with Crippen LogP contribution in [0.2, 0.25) is 0 Å². The molecule has 1 heterocycles. The Balaban J connectivity index is 2.18. The van der Waals surface area contributed by atoms with Crippen molar-refractivity contribution >= 4 is 0 Å². The van der Waals surface area contributed by atoms with Gasteiger partial charge in [0, 0.05) is 18.0 Å². The minimum absolute atomic E-state index is 0.329. The van der Waals surface area contributed by atoms with E-state index in [0.717, 1.165) is 12.1 Å². The molecule has 1 saturated carbocycles. The molecule has 0 spiro atoms. The maximum Gasteiger partial charge on any atom is 0.124 e. The first-order valence-electron chi connectivity index (χ1n) is 3.04. The van der Waals surface area contributed by atoms with E-state index in [4.69, 9.17) is 5.73 Å². The van der Waals surface area contributed by atoms with Crippen LogP contribution in [-0.2, 0) is 0 Å². The summed E-state index contributed by atoms with van der Waals surface area (Å²) in [4.78, 5) is 0. The number of nitrogens with zero attached hydrogens (tertiary/aromatic N) is 1. The first kappa shape index (κ1) is 4.99. The van der Waals surface area contributed by atoms with E-state index in [0.29, 0.717) is 12.0 Å². The van der Waals surface area contributed by atoms with Crippen molar-refractivity contribution < 1.29 is 4.52 Å². The lowest BCUT2D eigenvalue weighted by Crippen LogP contribution is -2.00. The van der Waals surface area contributed by atoms with Crippen molar-refractivity contribution in [1.82, 2.24) is 5.16 Å². The third kappa shape index (κ3) is 0.733. The summed E-state index contributed by atoms with van der Waals surface area (Å²) in [6.07, 6.45) is 2.65. The van der Waals surface area contributed by atoms with Crippen LogP contribution in [0.4, 0.5) is 0 Å². The van der Waals surface area contributed by atoms with Gasteiger partial charge in [0.15, 0.2) is 0 Å². The lowest BCUT2D eigenvalue weighted by molar-refractivity contribution is 0.411. The van der Waals surface area contributed by atoms with Gasteiger partial charge in [-0.2, -0.15) is 0 Å². The Morgan fingerprint density at radius 3 is 3.00 bits per heavy atom. The van der Waals surface area contributed by atoms with E-state index >= 15 is 0 Å². The fourth-order valence-corrected chi connectivity index (χ4v) is 0.968. The summed E-state index contributed by atoms with van der Waals surface area (Å²) in [5.41, 5.74) is 6.58. The van der Waals surface area contributed by atoms with E-state index in [1.807, 2.05) is 6.07 Å². The van der Waals surface area contributed by atoms with Crippen LogP contribution in [0.5, 0.6) is 0 Å². The molecule has 1 aromatic heterocycles. The van der Waals surface area contributed by atoms with E-state index in [-0.39, 0.29) is 0 Å². The minimum Gasteiger partial charge on any atom is -0.365 e. The quantitative estimate of drug-likeness (QED) is 0.592. The zero-order chi connectivity index (χ0) is 6.27. The Morgan fingerprint density at radius 1 is 1.78 bits per heavy atom. The molecule has 1 aliphatic rings. The van der Waals surface area contributed by atoms with Gasteiger partial charge in [0.1, 0.15) is 6.26 Å². The molecule has 3 heteroatoms. The zero-order valence-electron chi connectivity index (χ0n) is 4.95. The van der Waals surface area contributed by atoms with Gasteiger partial charge in [-0.05, 0) is 6.42 Å². The molecule has 0 aromatic carbocycles. The van der Waals surface area contributed by atoms with Crippen molar-refractivity contribution in [2.24, 2.45) is 5.73 Å². The summed E-state index contributed by atoms with van der Waals surface area (Å²) < 4.78 is 4.66. The third-order valence-corrected chi connectivity index (χ3v) is 1.68. The van der Waals surface area contributed by atoms with Crippen LogP contribution in [0, 0.1) is 0 Å². The molecule has 0 amide bonds. The van der Waals surface area contributed by atoms with Gasteiger partial charge in [-0.25, -0.2) is 0 Å². The topological polar surface area (TPSA) is 52.0 Å². The lowest BCUT2D eigenvalue weighted by atomic mass is 10.3. The van der Waals surface area contributed by atoms with Crippen molar-refractivity contribution in [1.29, 1.82) is 0 Å². The molecule has 0 bridgehead atoms. The summed E-state index contributed by atoms with van der Waals surface area (Å²) >= 11 is 0. The van der Waals surface area contributed by atoms with E-state index in [9.17, 15) is 0 Å². The second-order valence-corrected chi connectivity index (χ2v) is 2.43. The Bertz CT molecular complexity index is 195. The van der Waals surface area contributed by atoms with Gasteiger partial charge in [0.2, 0.25) is 0 Å². The molecule has 1 fully saturated rings. The molecule has 3 nitrogen and oxygen atoms in total. The van der Waals surface area contributed by atoms with Crippen molar-refractivity contribution in [3.8, 4) is 0 Å². The summed E-state index contributed by atoms with van der Waals surface area (Å²) in [6.45, 7) is 0. The maximum absolute atomic E-state index is 5.58. The zero-order valence-corrected chi connectivity index (χ0v) is 4.95. The van der Waals surface area contributed by atoms with Crippen LogP contribution in [0.25, 0.3) is 0 Å². The van der Waals surface area contributed by atoms with Gasteiger partial charge in [-0.15, -0.1) is 0 Å². The molecule has 1 aromatic rings. The highest BCUT2D eigenvalue weighted by molar-refractivity contribution is 5.17. The monoisotopic (exact) mass is 124 g/mol. The molecule has 2 atom stereocenters. The standard InChI is InChI=1S/C6H8N2O/c7-5-3-4(5)6-1-2-9-8-6/h1-2,4-5H,3,7H2. The highest BCUT2D eigenvalue weighted by Gasteiger charge is 2.36. The summed E-state index contributed by atoms with van der Waals surface area (Å²) in [5.74, 6) is 0.476. The molecule has 48 valence electrons. The lowest BCUT2D eigenvalue weighted by Gasteiger charge is -1.83. The molecule has 9 heavy (non-hydrogen) atoms. The summed E-state index contributed by atoms with van der Waals surface area (Å²) in [7, 11) is 0. The van der Waals surface area contributed by atoms with E-state index in [2.05, 4.69) is 9.68 Å². The van der Waals surface area contributed by atoms with Crippen molar-refractivity contribution in [2.45, 2.75) is 18.4 Å². The Labute approximate surface area is 52.8 Å². The Morgan fingerprint density at radius 2 is 2.56 bits per heavy atom. The molecule has 1 aliphatic carbocycles. The predicted molar refractivity (Wildman–Crippen MR) is 31.8 cm³/mol. The SMILES string of the molecule is NC1CC1c1ccon1. The smallest absolute Gasteiger partial charge is 0.124 e. The van der Waals surface area contributed by atoms with Gasteiger partial charge < -0.3 is 10.3 Å². The van der Waals surface area contributed by atoms with E-state index < -0.39 is 0 Å². The Hall–Kier alpha value is -0.830. The number of hydrogen-bond acceptors (Lipinski definition) is 3. The number of rotatable bonds is 1. The molecular weight excluding hydrogens is 116 g/mol. The minimum atomic E-state index is 0.329. The molecule has 0 aliphatic heterocycles. The van der Waals surface area contributed by atoms with Crippen LogP contribution in [-0.4, -0.2) is 11.2 Å². The molecule has 2 rings (SSSR count). The second-order valence-electron chi connectivity index (χ2n) is 2.43. The van der Waals surface area contributed by atoms with Gasteiger partial charge in [0.05, 0.1) is 5.69 Å². The fraction of sp³-hybridized carbons (Fsp3) is 0.500. The van der Waals surface area contributed by atoms with Crippen molar-refractivity contribution in [3.63, 3.8) is 0 Å². The fourth-order valence-electron chi connectivity index (χ4n) is 0.968. The van der Waals surface area contributed by atoms with E-state index in [1.54, 1.807) is 6.26 Å². The third-order valence-electron chi connectivity index (χ3n) is 1.68. The predicted octanol–water partition coefficient (Wildman–Crippen LogP) is 0.489. The van der Waals surface area contributed by atoms with Crippen LogP contribution in [0.3, 0.4) is 0 Å². The first-order chi connectivity index (χ1) is 4.38. The van der Waals surface area contributed by atoms with Gasteiger partial charge >= 0.3 is 0 Å². The van der Waals surface area contributed by atoms with E-state index in [1.165, 1.54) is 0 Å². The number of hydrogen-bond donors (Lipinski definition) is 1. The van der Waals surface area contributed by atoms with Crippen molar-refractivity contribution in [2.75, 3.05) is 0 Å². The second kappa shape index (κ2) is 1.57. The average Bonchev–Trinajstić information content (AvgIpc) is 2.44. The number of aromatic nitrogens is 1. The van der Waals surface area contributed by atoms with Crippen LogP contribution in [0.15, 0.2) is 16.9 Å². The average molecular weight is 124 g/mol. The molecule has 0 saturated heterocycles. The van der Waals surface area contributed by atoms with Gasteiger partial charge in [0.25, 0.3) is 0 Å². The highest BCUT2D eigenvalue weighted by atomic mass is 16.5. The number of nitrogens with two attached hydrogens (primary N) is 1. The molecule has 0 radical (unpaired) electrons. The highest BCUT2D eigenvalue weighted by Crippen LogP contribution is 2.37. The normalized spacial score (nSPS) is 32.6.